The van der Waals surface area contributed by atoms with Gasteiger partial charge < -0.3 is 20.8 Å². The topological polar surface area (TPSA) is 102 Å². The Hall–Kier alpha value is -2.19. The molecule has 148 valence electrons. The molecule has 2 fully saturated rings. The number of rotatable bonds is 5. The summed E-state index contributed by atoms with van der Waals surface area (Å²) in [5.74, 6) is -1.26. The largest absolute Gasteiger partial charge is 0.480 e. The number of piperidine rings is 1. The van der Waals surface area contributed by atoms with Crippen LogP contribution in [0.4, 0.5) is 10.1 Å². The zero-order chi connectivity index (χ0) is 19.4. The van der Waals surface area contributed by atoms with Crippen molar-refractivity contribution in [1.82, 2.24) is 10.2 Å². The van der Waals surface area contributed by atoms with Gasteiger partial charge in [-0.15, -0.1) is 0 Å². The first-order valence-electron chi connectivity index (χ1n) is 9.40. The van der Waals surface area contributed by atoms with Crippen LogP contribution in [0.25, 0.3) is 0 Å². The molecular formula is C19H26FN3O4. The average Bonchev–Trinajstić information content (AvgIpc) is 2.82. The highest BCUT2D eigenvalue weighted by Gasteiger charge is 2.27. The number of aliphatic hydroxyl groups is 1. The van der Waals surface area contributed by atoms with E-state index in [9.17, 15) is 19.1 Å². The number of likely N-dealkylation sites (tertiary alicyclic amines) is 1. The number of carbonyl (C=O) groups is 2. The predicted octanol–water partition coefficient (Wildman–Crippen LogP) is 1.49. The fraction of sp³-hybridized carbons (Fsp3) is 0.579. The molecule has 0 bridgehead atoms. The van der Waals surface area contributed by atoms with Crippen LogP contribution < -0.4 is 10.6 Å². The van der Waals surface area contributed by atoms with Gasteiger partial charge in [0.25, 0.3) is 0 Å². The molecule has 0 spiro atoms. The van der Waals surface area contributed by atoms with Crippen molar-refractivity contribution in [3.8, 4) is 0 Å². The van der Waals surface area contributed by atoms with Crippen molar-refractivity contribution in [2.24, 2.45) is 0 Å². The molecule has 7 nitrogen and oxygen atoms in total. The van der Waals surface area contributed by atoms with E-state index >= 15 is 0 Å². The van der Waals surface area contributed by atoms with Crippen LogP contribution in [0, 0.1) is 5.82 Å². The first kappa shape index (κ1) is 19.6. The van der Waals surface area contributed by atoms with E-state index < -0.39 is 12.2 Å². The number of carbonyl (C=O) groups excluding carboxylic acids is 1. The van der Waals surface area contributed by atoms with Gasteiger partial charge >= 0.3 is 5.97 Å². The Morgan fingerprint density at radius 2 is 2.11 bits per heavy atom. The number of aliphatic carboxylic acids is 1. The number of carboxylic acid groups (broad SMARTS) is 1. The van der Waals surface area contributed by atoms with Crippen molar-refractivity contribution in [2.45, 2.75) is 50.3 Å². The molecule has 8 heteroatoms. The second kappa shape index (κ2) is 8.67. The van der Waals surface area contributed by atoms with Gasteiger partial charge in [0.15, 0.2) is 0 Å². The zero-order valence-electron chi connectivity index (χ0n) is 15.2. The molecule has 3 rings (SSSR count). The molecule has 0 aromatic heterocycles. The SMILES string of the molecule is O=C(O)CN1CCCC(c2ccc(NC3CCC(=O)NC3O)cc2F)CC1. The van der Waals surface area contributed by atoms with Crippen molar-refractivity contribution in [3.63, 3.8) is 0 Å². The Labute approximate surface area is 157 Å². The number of halogens is 1. The van der Waals surface area contributed by atoms with Crippen molar-refractivity contribution in [2.75, 3.05) is 25.0 Å². The van der Waals surface area contributed by atoms with Crippen LogP contribution in [-0.2, 0) is 9.59 Å². The number of amides is 1. The number of carboxylic acids is 1. The summed E-state index contributed by atoms with van der Waals surface area (Å²) < 4.78 is 14.7. The molecule has 0 radical (unpaired) electrons. The fourth-order valence-electron chi connectivity index (χ4n) is 3.91. The maximum absolute atomic E-state index is 14.7. The van der Waals surface area contributed by atoms with Gasteiger partial charge in [-0.2, -0.15) is 0 Å². The van der Waals surface area contributed by atoms with Crippen molar-refractivity contribution >= 4 is 17.6 Å². The number of hydrogen-bond donors (Lipinski definition) is 4. The van der Waals surface area contributed by atoms with E-state index in [2.05, 4.69) is 10.6 Å². The number of benzene rings is 1. The van der Waals surface area contributed by atoms with Gasteiger partial charge in [0.1, 0.15) is 12.0 Å². The third kappa shape index (κ3) is 5.17. The molecule has 27 heavy (non-hydrogen) atoms. The minimum atomic E-state index is -0.990. The smallest absolute Gasteiger partial charge is 0.317 e. The minimum absolute atomic E-state index is 0.0261. The normalized spacial score (nSPS) is 26.9. The Balaban J connectivity index is 1.62. The van der Waals surface area contributed by atoms with Crippen LogP contribution in [-0.4, -0.2) is 58.9 Å². The molecule has 3 unspecified atom stereocenters. The van der Waals surface area contributed by atoms with Gasteiger partial charge in [-0.05, 0) is 62.4 Å². The minimum Gasteiger partial charge on any atom is -0.480 e. The molecule has 2 saturated heterocycles. The van der Waals surface area contributed by atoms with Gasteiger partial charge in [0.2, 0.25) is 5.91 Å². The van der Waals surface area contributed by atoms with Crippen molar-refractivity contribution < 1.29 is 24.2 Å². The van der Waals surface area contributed by atoms with E-state index in [1.807, 2.05) is 4.90 Å². The van der Waals surface area contributed by atoms with Gasteiger partial charge in [0, 0.05) is 12.1 Å². The van der Waals surface area contributed by atoms with E-state index in [-0.39, 0.29) is 30.2 Å². The lowest BCUT2D eigenvalue weighted by atomic mass is 9.91. The highest BCUT2D eigenvalue weighted by atomic mass is 19.1. The fourth-order valence-corrected chi connectivity index (χ4v) is 3.91. The molecule has 2 aliphatic heterocycles. The lowest BCUT2D eigenvalue weighted by Crippen LogP contribution is -2.51. The van der Waals surface area contributed by atoms with E-state index in [4.69, 9.17) is 5.11 Å². The van der Waals surface area contributed by atoms with Crippen molar-refractivity contribution in [3.05, 3.63) is 29.6 Å². The summed E-state index contributed by atoms with van der Waals surface area (Å²) in [4.78, 5) is 24.0. The molecule has 2 heterocycles. The van der Waals surface area contributed by atoms with Crippen LogP contribution in [0.5, 0.6) is 0 Å². The summed E-state index contributed by atoms with van der Waals surface area (Å²) in [7, 11) is 0. The van der Waals surface area contributed by atoms with Gasteiger partial charge in [-0.3, -0.25) is 14.5 Å². The third-order valence-electron chi connectivity index (χ3n) is 5.34. The quantitative estimate of drug-likeness (QED) is 0.618. The van der Waals surface area contributed by atoms with E-state index in [0.29, 0.717) is 30.6 Å². The van der Waals surface area contributed by atoms with E-state index in [1.54, 1.807) is 12.1 Å². The van der Waals surface area contributed by atoms with E-state index in [1.165, 1.54) is 6.07 Å². The highest BCUT2D eigenvalue weighted by Crippen LogP contribution is 2.31. The third-order valence-corrected chi connectivity index (χ3v) is 5.34. The number of aliphatic hydroxyl groups excluding tert-OH is 1. The second-order valence-corrected chi connectivity index (χ2v) is 7.34. The lowest BCUT2D eigenvalue weighted by Gasteiger charge is -2.30. The first-order valence-corrected chi connectivity index (χ1v) is 9.40. The number of anilines is 1. The molecule has 1 amide bonds. The maximum Gasteiger partial charge on any atom is 0.317 e. The summed E-state index contributed by atoms with van der Waals surface area (Å²) in [5.41, 5.74) is 1.22. The Kier molecular flexibility index (Phi) is 6.28. The standard InChI is InChI=1S/C19H26FN3O4/c20-15-10-13(21-16-5-6-17(24)22-19(16)27)3-4-14(15)12-2-1-8-23(9-7-12)11-18(25)26/h3-4,10,12,16,19,21,27H,1-2,5-9,11H2,(H,22,24)(H,25,26). The summed E-state index contributed by atoms with van der Waals surface area (Å²) in [6.45, 7) is 1.39. The van der Waals surface area contributed by atoms with Gasteiger partial charge in [-0.1, -0.05) is 6.07 Å². The first-order chi connectivity index (χ1) is 12.9. The van der Waals surface area contributed by atoms with E-state index in [0.717, 1.165) is 25.8 Å². The van der Waals surface area contributed by atoms with Gasteiger partial charge in [0.05, 0.1) is 12.6 Å². The van der Waals surface area contributed by atoms with Crippen LogP contribution in [0.3, 0.4) is 0 Å². The predicted molar refractivity (Wildman–Crippen MR) is 97.9 cm³/mol. The molecule has 0 aliphatic carbocycles. The number of hydrogen-bond acceptors (Lipinski definition) is 5. The zero-order valence-corrected chi connectivity index (χ0v) is 15.2. The van der Waals surface area contributed by atoms with Crippen LogP contribution in [0.1, 0.15) is 43.6 Å². The average molecular weight is 379 g/mol. The molecule has 1 aromatic carbocycles. The summed E-state index contributed by atoms with van der Waals surface area (Å²) in [5, 5.41) is 24.4. The molecule has 3 atom stereocenters. The van der Waals surface area contributed by atoms with Crippen LogP contribution in [0.15, 0.2) is 18.2 Å². The molecule has 4 N–H and O–H groups in total. The van der Waals surface area contributed by atoms with Crippen LogP contribution in [0.2, 0.25) is 0 Å². The molecular weight excluding hydrogens is 353 g/mol. The number of nitrogens with one attached hydrogen (secondary N) is 2. The van der Waals surface area contributed by atoms with Crippen molar-refractivity contribution in [1.29, 1.82) is 0 Å². The summed E-state index contributed by atoms with van der Waals surface area (Å²) in [6, 6.07) is 4.64. The second-order valence-electron chi connectivity index (χ2n) is 7.34. The van der Waals surface area contributed by atoms with Crippen LogP contribution >= 0.6 is 0 Å². The summed E-state index contributed by atoms with van der Waals surface area (Å²) >= 11 is 0. The molecule has 1 aromatic rings. The summed E-state index contributed by atoms with van der Waals surface area (Å²) in [6.07, 6.45) is 2.21. The monoisotopic (exact) mass is 379 g/mol. The Bertz CT molecular complexity index is 700. The molecule has 2 aliphatic rings. The Morgan fingerprint density at radius 1 is 1.30 bits per heavy atom. The van der Waals surface area contributed by atoms with Gasteiger partial charge in [-0.25, -0.2) is 4.39 Å². The lowest BCUT2D eigenvalue weighted by molar-refractivity contribution is -0.138. The molecule has 0 saturated carbocycles. The Morgan fingerprint density at radius 3 is 2.81 bits per heavy atom. The highest BCUT2D eigenvalue weighted by molar-refractivity contribution is 5.77. The maximum atomic E-state index is 14.7. The number of nitrogens with zero attached hydrogens (tertiary/aromatic N) is 1.